The number of hydrogen-bond donors (Lipinski definition) is 1. The normalized spacial score (nSPS) is 24.4. The van der Waals surface area contributed by atoms with Crippen molar-refractivity contribution in [3.05, 3.63) is 23.9 Å². The van der Waals surface area contributed by atoms with Crippen LogP contribution in [0.2, 0.25) is 0 Å². The van der Waals surface area contributed by atoms with Crippen LogP contribution < -0.4 is 5.32 Å². The Kier molecular flexibility index (Phi) is 5.20. The Morgan fingerprint density at radius 1 is 1.26 bits per heavy atom. The third kappa shape index (κ3) is 3.93. The van der Waals surface area contributed by atoms with Crippen LogP contribution in [0.4, 0.5) is 5.82 Å². The zero-order valence-electron chi connectivity index (χ0n) is 12.5. The Labute approximate surface area is 117 Å². The lowest BCUT2D eigenvalue weighted by Crippen LogP contribution is -2.42. The minimum atomic E-state index is 0.696. The molecule has 1 aromatic heterocycles. The Balaban J connectivity index is 1.94. The van der Waals surface area contributed by atoms with Crippen LogP contribution in [0, 0.1) is 0 Å². The number of nitrogens with one attached hydrogen (secondary N) is 1. The average molecular weight is 261 g/mol. The van der Waals surface area contributed by atoms with E-state index in [1.165, 1.54) is 24.8 Å². The summed E-state index contributed by atoms with van der Waals surface area (Å²) in [5.74, 6) is 0.991. The number of aromatic nitrogens is 1. The largest absolute Gasteiger partial charge is 0.370 e. The molecule has 1 aliphatic heterocycles. The van der Waals surface area contributed by atoms with Crippen molar-refractivity contribution in [2.24, 2.45) is 0 Å². The maximum Gasteiger partial charge on any atom is 0.125 e. The number of anilines is 1. The van der Waals surface area contributed by atoms with Gasteiger partial charge in [-0.05, 0) is 44.7 Å². The zero-order valence-corrected chi connectivity index (χ0v) is 12.5. The van der Waals surface area contributed by atoms with Gasteiger partial charge in [0.2, 0.25) is 0 Å². The Morgan fingerprint density at radius 3 is 2.58 bits per heavy atom. The summed E-state index contributed by atoms with van der Waals surface area (Å²) < 4.78 is 0. The molecule has 1 aromatic rings. The number of piperidine rings is 1. The van der Waals surface area contributed by atoms with Crippen molar-refractivity contribution in [2.45, 2.75) is 65.1 Å². The topological polar surface area (TPSA) is 28.2 Å². The van der Waals surface area contributed by atoms with Crippen LogP contribution in [-0.2, 0) is 6.54 Å². The molecular weight excluding hydrogens is 234 g/mol. The van der Waals surface area contributed by atoms with Crippen molar-refractivity contribution in [1.29, 1.82) is 0 Å². The standard InChI is InChI=1S/C16H27N3/c1-4-10-17-16-9-8-15(11-18-16)12-19-13(2)6-5-7-14(19)3/h8-9,11,13-14H,4-7,10,12H2,1-3H3,(H,17,18). The summed E-state index contributed by atoms with van der Waals surface area (Å²) in [6, 6.07) is 5.70. The van der Waals surface area contributed by atoms with Gasteiger partial charge < -0.3 is 5.32 Å². The third-order valence-electron chi connectivity index (χ3n) is 4.12. The van der Waals surface area contributed by atoms with Gasteiger partial charge in [0.25, 0.3) is 0 Å². The summed E-state index contributed by atoms with van der Waals surface area (Å²) in [6.07, 6.45) is 7.18. The van der Waals surface area contributed by atoms with Crippen LogP contribution in [0.5, 0.6) is 0 Å². The fourth-order valence-corrected chi connectivity index (χ4v) is 2.87. The molecule has 106 valence electrons. The third-order valence-corrected chi connectivity index (χ3v) is 4.12. The second-order valence-corrected chi connectivity index (χ2v) is 5.78. The molecule has 19 heavy (non-hydrogen) atoms. The van der Waals surface area contributed by atoms with Gasteiger partial charge in [-0.3, -0.25) is 4.90 Å². The molecule has 2 rings (SSSR count). The molecule has 2 unspecified atom stereocenters. The van der Waals surface area contributed by atoms with Crippen molar-refractivity contribution in [3.63, 3.8) is 0 Å². The van der Waals surface area contributed by atoms with E-state index in [9.17, 15) is 0 Å². The summed E-state index contributed by atoms with van der Waals surface area (Å²) in [6.45, 7) is 8.89. The predicted molar refractivity (Wildman–Crippen MR) is 81.3 cm³/mol. The van der Waals surface area contributed by atoms with Crippen LogP contribution >= 0.6 is 0 Å². The molecule has 1 aliphatic rings. The summed E-state index contributed by atoms with van der Waals surface area (Å²) >= 11 is 0. The van der Waals surface area contributed by atoms with Gasteiger partial charge in [-0.2, -0.15) is 0 Å². The summed E-state index contributed by atoms with van der Waals surface area (Å²) in [7, 11) is 0. The Hall–Kier alpha value is -1.09. The quantitative estimate of drug-likeness (QED) is 0.876. The highest BCUT2D eigenvalue weighted by molar-refractivity contribution is 5.35. The molecule has 1 saturated heterocycles. The van der Waals surface area contributed by atoms with Gasteiger partial charge in [0.1, 0.15) is 5.82 Å². The first kappa shape index (κ1) is 14.3. The number of nitrogens with zero attached hydrogens (tertiary/aromatic N) is 2. The first-order valence-electron chi connectivity index (χ1n) is 7.65. The van der Waals surface area contributed by atoms with Crippen LogP contribution in [0.25, 0.3) is 0 Å². The predicted octanol–water partition coefficient (Wildman–Crippen LogP) is 3.67. The van der Waals surface area contributed by atoms with Crippen molar-refractivity contribution >= 4 is 5.82 Å². The lowest BCUT2D eigenvalue weighted by molar-refractivity contribution is 0.0952. The van der Waals surface area contributed by atoms with E-state index in [4.69, 9.17) is 0 Å². The van der Waals surface area contributed by atoms with Crippen LogP contribution in [-0.4, -0.2) is 28.5 Å². The molecular formula is C16H27N3. The van der Waals surface area contributed by atoms with Gasteiger partial charge in [0.05, 0.1) is 0 Å². The van der Waals surface area contributed by atoms with E-state index >= 15 is 0 Å². The fourth-order valence-electron chi connectivity index (χ4n) is 2.87. The van der Waals surface area contributed by atoms with Gasteiger partial charge in [-0.25, -0.2) is 4.98 Å². The van der Waals surface area contributed by atoms with E-state index in [1.54, 1.807) is 0 Å². The number of rotatable bonds is 5. The smallest absolute Gasteiger partial charge is 0.125 e. The van der Waals surface area contributed by atoms with Crippen molar-refractivity contribution in [2.75, 3.05) is 11.9 Å². The second kappa shape index (κ2) is 6.90. The fraction of sp³-hybridized carbons (Fsp3) is 0.688. The average Bonchev–Trinajstić information content (AvgIpc) is 2.42. The van der Waals surface area contributed by atoms with Crippen LogP contribution in [0.3, 0.4) is 0 Å². The lowest BCUT2D eigenvalue weighted by atomic mass is 9.97. The molecule has 2 heterocycles. The number of hydrogen-bond acceptors (Lipinski definition) is 3. The number of likely N-dealkylation sites (tertiary alicyclic amines) is 1. The Bertz CT molecular complexity index is 364. The van der Waals surface area contributed by atoms with E-state index in [0.717, 1.165) is 25.3 Å². The van der Waals surface area contributed by atoms with E-state index < -0.39 is 0 Å². The molecule has 0 spiro atoms. The molecule has 0 aromatic carbocycles. The van der Waals surface area contributed by atoms with Gasteiger partial charge >= 0.3 is 0 Å². The molecule has 0 saturated carbocycles. The maximum absolute atomic E-state index is 4.49. The summed E-state index contributed by atoms with van der Waals surface area (Å²) in [5.41, 5.74) is 1.32. The SMILES string of the molecule is CCCNc1ccc(CN2C(C)CCCC2C)cn1. The van der Waals surface area contributed by atoms with Crippen LogP contribution in [0.1, 0.15) is 52.0 Å². The lowest BCUT2D eigenvalue weighted by Gasteiger charge is -2.39. The molecule has 1 N–H and O–H groups in total. The van der Waals surface area contributed by atoms with E-state index in [2.05, 4.69) is 48.1 Å². The van der Waals surface area contributed by atoms with Crippen LogP contribution in [0.15, 0.2) is 18.3 Å². The van der Waals surface area contributed by atoms with Gasteiger partial charge in [-0.15, -0.1) is 0 Å². The minimum absolute atomic E-state index is 0.696. The van der Waals surface area contributed by atoms with Gasteiger partial charge in [0, 0.05) is 31.4 Å². The highest BCUT2D eigenvalue weighted by Crippen LogP contribution is 2.24. The molecule has 0 amide bonds. The van der Waals surface area contributed by atoms with Gasteiger partial charge in [-0.1, -0.05) is 19.4 Å². The number of pyridine rings is 1. The molecule has 3 nitrogen and oxygen atoms in total. The first-order valence-corrected chi connectivity index (χ1v) is 7.65. The van der Waals surface area contributed by atoms with E-state index in [-0.39, 0.29) is 0 Å². The Morgan fingerprint density at radius 2 is 2.00 bits per heavy atom. The molecule has 0 aliphatic carbocycles. The monoisotopic (exact) mass is 261 g/mol. The van der Waals surface area contributed by atoms with E-state index in [1.807, 2.05) is 6.20 Å². The van der Waals surface area contributed by atoms with Crippen molar-refractivity contribution in [1.82, 2.24) is 9.88 Å². The van der Waals surface area contributed by atoms with Crippen molar-refractivity contribution in [3.8, 4) is 0 Å². The molecule has 3 heteroatoms. The second-order valence-electron chi connectivity index (χ2n) is 5.78. The first-order chi connectivity index (χ1) is 9.20. The molecule has 2 atom stereocenters. The summed E-state index contributed by atoms with van der Waals surface area (Å²) in [5, 5.41) is 3.32. The van der Waals surface area contributed by atoms with E-state index in [0.29, 0.717) is 12.1 Å². The molecule has 1 fully saturated rings. The summed E-state index contributed by atoms with van der Waals surface area (Å²) in [4.78, 5) is 7.10. The minimum Gasteiger partial charge on any atom is -0.370 e. The highest BCUT2D eigenvalue weighted by atomic mass is 15.2. The van der Waals surface area contributed by atoms with Crippen molar-refractivity contribution < 1.29 is 0 Å². The highest BCUT2D eigenvalue weighted by Gasteiger charge is 2.24. The molecule has 0 radical (unpaired) electrons. The zero-order chi connectivity index (χ0) is 13.7. The maximum atomic E-state index is 4.49. The molecule has 0 bridgehead atoms. The van der Waals surface area contributed by atoms with Gasteiger partial charge in [0.15, 0.2) is 0 Å².